The monoisotopic (exact) mass is 291 g/mol. The summed E-state index contributed by atoms with van der Waals surface area (Å²) in [5, 5.41) is 2.69. The molecule has 0 aliphatic carbocycles. The zero-order valence-corrected chi connectivity index (χ0v) is 12.3. The van der Waals surface area contributed by atoms with E-state index in [-0.39, 0.29) is 17.5 Å². The van der Waals surface area contributed by atoms with Crippen LogP contribution in [-0.4, -0.2) is 55.0 Å². The number of carbonyl (C=O) groups excluding carboxylic acids is 2. The molecule has 114 valence electrons. The number of rotatable bonds is 5. The maximum atomic E-state index is 12.4. The lowest BCUT2D eigenvalue weighted by Crippen LogP contribution is -2.36. The molecule has 1 aliphatic heterocycles. The van der Waals surface area contributed by atoms with Crippen LogP contribution in [0, 0.1) is 0 Å². The minimum absolute atomic E-state index is 0.0250. The molecule has 0 radical (unpaired) electrons. The molecule has 2 amide bonds. The fourth-order valence-electron chi connectivity index (χ4n) is 2.32. The molecule has 1 saturated heterocycles. The second-order valence-corrected chi connectivity index (χ2v) is 5.03. The maximum absolute atomic E-state index is 12.4. The van der Waals surface area contributed by atoms with Crippen LogP contribution in [0.5, 0.6) is 0 Å². The van der Waals surface area contributed by atoms with Gasteiger partial charge in [0.25, 0.3) is 11.8 Å². The zero-order valence-electron chi connectivity index (χ0n) is 12.3. The number of nitrogens with one attached hydrogen (secondary N) is 1. The first-order valence-electron chi connectivity index (χ1n) is 7.25. The van der Waals surface area contributed by atoms with Crippen molar-refractivity contribution in [2.45, 2.75) is 19.3 Å². The molecular formula is C15H21N3O3. The summed E-state index contributed by atoms with van der Waals surface area (Å²) in [6, 6.07) is 3.21. The van der Waals surface area contributed by atoms with Crippen molar-refractivity contribution in [2.24, 2.45) is 0 Å². The highest BCUT2D eigenvalue weighted by molar-refractivity contribution is 5.98. The number of hydrogen-bond donors (Lipinski definition) is 1. The summed E-state index contributed by atoms with van der Waals surface area (Å²) < 4.78 is 4.87. The fourth-order valence-corrected chi connectivity index (χ4v) is 2.32. The smallest absolute Gasteiger partial charge is 0.269 e. The van der Waals surface area contributed by atoms with Crippen molar-refractivity contribution < 1.29 is 14.3 Å². The molecule has 21 heavy (non-hydrogen) atoms. The zero-order chi connectivity index (χ0) is 15.1. The molecule has 2 heterocycles. The van der Waals surface area contributed by atoms with Gasteiger partial charge in [-0.15, -0.1) is 0 Å². The Bertz CT molecular complexity index is 499. The summed E-state index contributed by atoms with van der Waals surface area (Å²) in [7, 11) is 1.57. The van der Waals surface area contributed by atoms with Gasteiger partial charge in [0.1, 0.15) is 5.69 Å². The van der Waals surface area contributed by atoms with Gasteiger partial charge >= 0.3 is 0 Å². The Balaban J connectivity index is 2.02. The van der Waals surface area contributed by atoms with Gasteiger partial charge in [-0.1, -0.05) is 0 Å². The predicted octanol–water partition coefficient (Wildman–Crippen LogP) is 1.08. The highest BCUT2D eigenvalue weighted by Crippen LogP contribution is 2.13. The van der Waals surface area contributed by atoms with E-state index in [9.17, 15) is 9.59 Å². The summed E-state index contributed by atoms with van der Waals surface area (Å²) in [5.41, 5.74) is 0.776. The molecule has 1 aliphatic rings. The largest absolute Gasteiger partial charge is 0.383 e. The first-order chi connectivity index (χ1) is 10.2. The lowest BCUT2D eigenvalue weighted by Gasteiger charge is -2.26. The third-order valence-electron chi connectivity index (χ3n) is 3.47. The molecule has 0 bridgehead atoms. The van der Waals surface area contributed by atoms with Crippen molar-refractivity contribution in [2.75, 3.05) is 33.4 Å². The van der Waals surface area contributed by atoms with Gasteiger partial charge in [-0.3, -0.25) is 14.6 Å². The Morgan fingerprint density at radius 3 is 2.81 bits per heavy atom. The molecule has 6 heteroatoms. The lowest BCUT2D eigenvalue weighted by molar-refractivity contribution is 0.0724. The van der Waals surface area contributed by atoms with Crippen molar-refractivity contribution in [3.8, 4) is 0 Å². The van der Waals surface area contributed by atoms with Crippen LogP contribution in [0.4, 0.5) is 0 Å². The van der Waals surface area contributed by atoms with Crippen LogP contribution in [0.2, 0.25) is 0 Å². The van der Waals surface area contributed by atoms with E-state index in [1.54, 1.807) is 19.2 Å². The Labute approximate surface area is 124 Å². The normalized spacial score (nSPS) is 14.8. The van der Waals surface area contributed by atoms with Gasteiger partial charge in [0, 0.05) is 38.5 Å². The number of likely N-dealkylation sites (tertiary alicyclic amines) is 1. The van der Waals surface area contributed by atoms with E-state index < -0.39 is 0 Å². The number of methoxy groups -OCH3 is 1. The summed E-state index contributed by atoms with van der Waals surface area (Å²) in [6.07, 6.45) is 4.76. The van der Waals surface area contributed by atoms with Crippen LogP contribution in [-0.2, 0) is 4.74 Å². The molecule has 0 unspecified atom stereocenters. The number of amides is 2. The first-order valence-corrected chi connectivity index (χ1v) is 7.25. The van der Waals surface area contributed by atoms with E-state index in [1.165, 1.54) is 12.6 Å². The number of piperidine rings is 1. The SMILES string of the molecule is COCCNC(=O)c1cc(C(=O)N2CCCCC2)ccn1. The first kappa shape index (κ1) is 15.4. The number of aromatic nitrogens is 1. The Morgan fingerprint density at radius 2 is 2.10 bits per heavy atom. The molecule has 0 atom stereocenters. The Hall–Kier alpha value is -1.95. The van der Waals surface area contributed by atoms with Crippen LogP contribution >= 0.6 is 0 Å². The van der Waals surface area contributed by atoms with Crippen LogP contribution in [0.25, 0.3) is 0 Å². The average molecular weight is 291 g/mol. The predicted molar refractivity (Wildman–Crippen MR) is 78.2 cm³/mol. The Morgan fingerprint density at radius 1 is 1.33 bits per heavy atom. The highest BCUT2D eigenvalue weighted by Gasteiger charge is 2.19. The van der Waals surface area contributed by atoms with E-state index in [4.69, 9.17) is 4.74 Å². The van der Waals surface area contributed by atoms with E-state index in [2.05, 4.69) is 10.3 Å². The van der Waals surface area contributed by atoms with Gasteiger partial charge in [-0.05, 0) is 31.4 Å². The second-order valence-electron chi connectivity index (χ2n) is 5.03. The van der Waals surface area contributed by atoms with E-state index >= 15 is 0 Å². The standard InChI is InChI=1S/C15H21N3O3/c1-21-10-7-17-14(19)13-11-12(5-6-16-13)15(20)18-8-3-2-4-9-18/h5-6,11H,2-4,7-10H2,1H3,(H,17,19). The number of pyridine rings is 1. The van der Waals surface area contributed by atoms with Crippen LogP contribution in [0.3, 0.4) is 0 Å². The molecule has 1 fully saturated rings. The quantitative estimate of drug-likeness (QED) is 0.824. The molecule has 1 N–H and O–H groups in total. The van der Waals surface area contributed by atoms with Gasteiger partial charge < -0.3 is 15.0 Å². The lowest BCUT2D eigenvalue weighted by atomic mass is 10.1. The number of hydrogen-bond acceptors (Lipinski definition) is 4. The summed E-state index contributed by atoms with van der Waals surface area (Å²) in [5.74, 6) is -0.316. The molecule has 1 aromatic heterocycles. The third-order valence-corrected chi connectivity index (χ3v) is 3.47. The molecule has 1 aromatic rings. The fraction of sp³-hybridized carbons (Fsp3) is 0.533. The maximum Gasteiger partial charge on any atom is 0.269 e. The van der Waals surface area contributed by atoms with Crippen molar-refractivity contribution in [1.82, 2.24) is 15.2 Å². The number of nitrogens with zero attached hydrogens (tertiary/aromatic N) is 2. The van der Waals surface area contributed by atoms with Crippen molar-refractivity contribution >= 4 is 11.8 Å². The molecule has 2 rings (SSSR count). The minimum Gasteiger partial charge on any atom is -0.383 e. The van der Waals surface area contributed by atoms with Gasteiger partial charge in [-0.2, -0.15) is 0 Å². The van der Waals surface area contributed by atoms with Crippen LogP contribution < -0.4 is 5.32 Å². The minimum atomic E-state index is -0.291. The second kappa shape index (κ2) is 7.73. The van der Waals surface area contributed by atoms with Crippen molar-refractivity contribution in [3.63, 3.8) is 0 Å². The van der Waals surface area contributed by atoms with Crippen LogP contribution in [0.15, 0.2) is 18.3 Å². The van der Waals surface area contributed by atoms with E-state index in [1.807, 2.05) is 4.90 Å². The van der Waals surface area contributed by atoms with Gasteiger partial charge in [0.2, 0.25) is 0 Å². The summed E-state index contributed by atoms with van der Waals surface area (Å²) in [6.45, 7) is 2.44. The van der Waals surface area contributed by atoms with Crippen molar-refractivity contribution in [3.05, 3.63) is 29.6 Å². The van der Waals surface area contributed by atoms with Crippen LogP contribution in [0.1, 0.15) is 40.1 Å². The van der Waals surface area contributed by atoms with E-state index in [0.717, 1.165) is 25.9 Å². The van der Waals surface area contributed by atoms with Crippen molar-refractivity contribution in [1.29, 1.82) is 0 Å². The summed E-state index contributed by atoms with van der Waals surface area (Å²) in [4.78, 5) is 30.2. The number of ether oxygens (including phenoxy) is 1. The highest BCUT2D eigenvalue weighted by atomic mass is 16.5. The average Bonchev–Trinajstić information content (AvgIpc) is 2.55. The van der Waals surface area contributed by atoms with Gasteiger partial charge in [-0.25, -0.2) is 0 Å². The van der Waals surface area contributed by atoms with Gasteiger partial charge in [0.05, 0.1) is 6.61 Å². The third kappa shape index (κ3) is 4.26. The molecule has 0 spiro atoms. The molecular weight excluding hydrogens is 270 g/mol. The Kier molecular flexibility index (Phi) is 5.68. The summed E-state index contributed by atoms with van der Waals surface area (Å²) >= 11 is 0. The topological polar surface area (TPSA) is 71.5 Å². The molecule has 0 saturated carbocycles. The number of carbonyl (C=O) groups is 2. The molecule has 6 nitrogen and oxygen atoms in total. The van der Waals surface area contributed by atoms with E-state index in [0.29, 0.717) is 18.7 Å². The molecule has 0 aromatic carbocycles. The van der Waals surface area contributed by atoms with Gasteiger partial charge in [0.15, 0.2) is 0 Å².